The number of halogens is 1. The van der Waals surface area contributed by atoms with E-state index < -0.39 is 0 Å². The molecular weight excluding hydrogens is 231 g/mol. The number of aryl methyl sites for hydroxylation is 1. The summed E-state index contributed by atoms with van der Waals surface area (Å²) in [5.74, 6) is 0.427. The average molecular weight is 246 g/mol. The van der Waals surface area contributed by atoms with Gasteiger partial charge in [-0.15, -0.1) is 0 Å². The Hall–Kier alpha value is -1.94. The van der Waals surface area contributed by atoms with E-state index in [0.29, 0.717) is 18.9 Å². The van der Waals surface area contributed by atoms with E-state index in [1.807, 2.05) is 19.1 Å². The average Bonchev–Trinajstić information content (AvgIpc) is 2.38. The number of benzene rings is 1. The third kappa shape index (κ3) is 3.05. The smallest absolute Gasteiger partial charge is 0.123 e. The molecule has 2 N–H and O–H groups in total. The molecule has 3 nitrogen and oxygen atoms in total. The van der Waals surface area contributed by atoms with Crippen LogP contribution in [0.15, 0.2) is 36.5 Å². The summed E-state index contributed by atoms with van der Waals surface area (Å²) in [5, 5.41) is 0. The van der Waals surface area contributed by atoms with Crippen molar-refractivity contribution in [3.63, 3.8) is 0 Å². The Morgan fingerprint density at radius 3 is 2.83 bits per heavy atom. The number of rotatable bonds is 4. The van der Waals surface area contributed by atoms with E-state index in [0.717, 1.165) is 16.8 Å². The lowest BCUT2D eigenvalue weighted by Crippen LogP contribution is -2.02. The highest BCUT2D eigenvalue weighted by molar-refractivity contribution is 5.32. The molecule has 0 bridgehead atoms. The lowest BCUT2D eigenvalue weighted by Gasteiger charge is -2.09. The fraction of sp³-hybridized carbons (Fsp3) is 0.214. The maximum absolute atomic E-state index is 12.9. The first-order valence-corrected chi connectivity index (χ1v) is 5.72. The van der Waals surface area contributed by atoms with Gasteiger partial charge in [0.2, 0.25) is 0 Å². The minimum absolute atomic E-state index is 0.255. The number of aromatic nitrogens is 1. The summed E-state index contributed by atoms with van der Waals surface area (Å²) >= 11 is 0. The molecule has 0 saturated carbocycles. The SMILES string of the molecule is Cc1cc(F)ccc1OCc1ccnc(CN)c1. The van der Waals surface area contributed by atoms with Gasteiger partial charge >= 0.3 is 0 Å². The summed E-state index contributed by atoms with van der Waals surface area (Å²) in [6.07, 6.45) is 1.71. The van der Waals surface area contributed by atoms with Crippen molar-refractivity contribution in [3.05, 3.63) is 59.2 Å². The van der Waals surface area contributed by atoms with E-state index in [1.165, 1.54) is 12.1 Å². The summed E-state index contributed by atoms with van der Waals surface area (Å²) in [6.45, 7) is 2.64. The van der Waals surface area contributed by atoms with Gasteiger partial charge in [0, 0.05) is 12.7 Å². The van der Waals surface area contributed by atoms with Gasteiger partial charge in [0.05, 0.1) is 5.69 Å². The first kappa shape index (κ1) is 12.5. The molecule has 4 heteroatoms. The molecular formula is C14H15FN2O. The Bertz CT molecular complexity index is 543. The Morgan fingerprint density at radius 1 is 1.28 bits per heavy atom. The van der Waals surface area contributed by atoms with Gasteiger partial charge in [-0.25, -0.2) is 4.39 Å². The van der Waals surface area contributed by atoms with E-state index in [2.05, 4.69) is 4.98 Å². The van der Waals surface area contributed by atoms with Crippen LogP contribution in [-0.2, 0) is 13.2 Å². The molecule has 18 heavy (non-hydrogen) atoms. The van der Waals surface area contributed by atoms with Crippen LogP contribution < -0.4 is 10.5 Å². The maximum Gasteiger partial charge on any atom is 0.123 e. The van der Waals surface area contributed by atoms with E-state index in [1.54, 1.807) is 12.3 Å². The maximum atomic E-state index is 12.9. The molecule has 94 valence electrons. The van der Waals surface area contributed by atoms with Gasteiger partial charge < -0.3 is 10.5 Å². The molecule has 1 heterocycles. The standard InChI is InChI=1S/C14H15FN2O/c1-10-6-12(15)2-3-14(10)18-9-11-4-5-17-13(7-11)8-16/h2-7H,8-9,16H2,1H3. The van der Waals surface area contributed by atoms with Crippen molar-refractivity contribution in [2.45, 2.75) is 20.1 Å². The molecule has 0 unspecified atom stereocenters. The highest BCUT2D eigenvalue weighted by Gasteiger charge is 2.02. The molecule has 2 aromatic rings. The fourth-order valence-corrected chi connectivity index (χ4v) is 1.67. The van der Waals surface area contributed by atoms with Crippen molar-refractivity contribution in [2.75, 3.05) is 0 Å². The molecule has 2 rings (SSSR count). The van der Waals surface area contributed by atoms with Crippen LogP contribution >= 0.6 is 0 Å². The Kier molecular flexibility index (Phi) is 3.89. The zero-order chi connectivity index (χ0) is 13.0. The predicted octanol–water partition coefficient (Wildman–Crippen LogP) is 2.57. The molecule has 0 amide bonds. The second-order valence-electron chi connectivity index (χ2n) is 4.06. The predicted molar refractivity (Wildman–Crippen MR) is 67.6 cm³/mol. The van der Waals surface area contributed by atoms with E-state index >= 15 is 0 Å². The van der Waals surface area contributed by atoms with E-state index in [9.17, 15) is 4.39 Å². The van der Waals surface area contributed by atoms with Gasteiger partial charge in [-0.05, 0) is 48.4 Å². The van der Waals surface area contributed by atoms with Crippen LogP contribution in [0.3, 0.4) is 0 Å². The number of hydrogen-bond acceptors (Lipinski definition) is 3. The molecule has 0 saturated heterocycles. The topological polar surface area (TPSA) is 48.1 Å². The quantitative estimate of drug-likeness (QED) is 0.902. The molecule has 0 aliphatic heterocycles. The van der Waals surface area contributed by atoms with Crippen LogP contribution in [0.4, 0.5) is 4.39 Å². The number of nitrogens with two attached hydrogens (primary N) is 1. The van der Waals surface area contributed by atoms with Crippen LogP contribution in [0.5, 0.6) is 5.75 Å². The van der Waals surface area contributed by atoms with Crippen LogP contribution in [0, 0.1) is 12.7 Å². The number of pyridine rings is 1. The summed E-state index contributed by atoms with van der Waals surface area (Å²) in [4.78, 5) is 4.11. The number of hydrogen-bond donors (Lipinski definition) is 1. The Labute approximate surface area is 105 Å². The molecule has 1 aromatic carbocycles. The monoisotopic (exact) mass is 246 g/mol. The lowest BCUT2D eigenvalue weighted by molar-refractivity contribution is 0.303. The third-order valence-corrected chi connectivity index (χ3v) is 2.62. The van der Waals surface area contributed by atoms with Gasteiger partial charge in [-0.2, -0.15) is 0 Å². The fourth-order valence-electron chi connectivity index (χ4n) is 1.67. The van der Waals surface area contributed by atoms with E-state index in [4.69, 9.17) is 10.5 Å². The van der Waals surface area contributed by atoms with Crippen molar-refractivity contribution in [1.29, 1.82) is 0 Å². The van der Waals surface area contributed by atoms with Gasteiger partial charge in [0.1, 0.15) is 18.2 Å². The third-order valence-electron chi connectivity index (χ3n) is 2.62. The highest BCUT2D eigenvalue weighted by atomic mass is 19.1. The normalized spacial score (nSPS) is 10.4. The molecule has 0 atom stereocenters. The van der Waals surface area contributed by atoms with Crippen LogP contribution in [-0.4, -0.2) is 4.98 Å². The van der Waals surface area contributed by atoms with Gasteiger partial charge in [-0.1, -0.05) is 0 Å². The van der Waals surface area contributed by atoms with Crippen LogP contribution in [0.25, 0.3) is 0 Å². The summed E-state index contributed by atoms with van der Waals surface area (Å²) < 4.78 is 18.6. The second kappa shape index (κ2) is 5.60. The number of nitrogens with zero attached hydrogens (tertiary/aromatic N) is 1. The van der Waals surface area contributed by atoms with Crippen molar-refractivity contribution in [3.8, 4) is 5.75 Å². The molecule has 0 radical (unpaired) electrons. The van der Waals surface area contributed by atoms with Crippen molar-refractivity contribution < 1.29 is 9.13 Å². The van der Waals surface area contributed by atoms with Gasteiger partial charge in [-0.3, -0.25) is 4.98 Å². The van der Waals surface area contributed by atoms with Crippen LogP contribution in [0.1, 0.15) is 16.8 Å². The number of ether oxygens (including phenoxy) is 1. The summed E-state index contributed by atoms with van der Waals surface area (Å²) in [7, 11) is 0. The molecule has 0 fully saturated rings. The lowest BCUT2D eigenvalue weighted by atomic mass is 10.2. The van der Waals surface area contributed by atoms with Crippen molar-refractivity contribution in [1.82, 2.24) is 4.98 Å². The zero-order valence-electron chi connectivity index (χ0n) is 10.2. The zero-order valence-corrected chi connectivity index (χ0v) is 10.2. The summed E-state index contributed by atoms with van der Waals surface area (Å²) in [5.41, 5.74) is 8.12. The molecule has 0 spiro atoms. The first-order chi connectivity index (χ1) is 8.69. The summed E-state index contributed by atoms with van der Waals surface area (Å²) in [6, 6.07) is 8.25. The van der Waals surface area contributed by atoms with Crippen LogP contribution in [0.2, 0.25) is 0 Å². The highest BCUT2D eigenvalue weighted by Crippen LogP contribution is 2.19. The largest absolute Gasteiger partial charge is 0.489 e. The molecule has 0 aliphatic carbocycles. The first-order valence-electron chi connectivity index (χ1n) is 5.72. The second-order valence-corrected chi connectivity index (χ2v) is 4.06. The minimum Gasteiger partial charge on any atom is -0.489 e. The van der Waals surface area contributed by atoms with Gasteiger partial charge in [0.25, 0.3) is 0 Å². The molecule has 0 aliphatic rings. The molecule has 1 aromatic heterocycles. The van der Waals surface area contributed by atoms with Gasteiger partial charge in [0.15, 0.2) is 0 Å². The van der Waals surface area contributed by atoms with Crippen molar-refractivity contribution >= 4 is 0 Å². The Morgan fingerprint density at radius 2 is 2.11 bits per heavy atom. The Balaban J connectivity index is 2.06. The van der Waals surface area contributed by atoms with E-state index in [-0.39, 0.29) is 5.82 Å². The van der Waals surface area contributed by atoms with Crippen molar-refractivity contribution in [2.24, 2.45) is 5.73 Å². The minimum atomic E-state index is -0.255.